The largest absolute Gasteiger partial charge is 0.419 e. The maximum atomic E-state index is 13.5. The predicted octanol–water partition coefficient (Wildman–Crippen LogP) is 5.15. The molecule has 0 aromatic heterocycles. The first-order chi connectivity index (χ1) is 9.68. The second kappa shape index (κ2) is 5.60. The van der Waals surface area contributed by atoms with Gasteiger partial charge in [0.05, 0.1) is 5.56 Å². The molecule has 0 atom stereocenters. The van der Waals surface area contributed by atoms with E-state index >= 15 is 0 Å². The van der Waals surface area contributed by atoms with Crippen LogP contribution < -0.4 is 0 Å². The fourth-order valence-electron chi connectivity index (χ4n) is 1.92. The molecule has 2 rings (SSSR count). The molecular formula is C15H9BrF4O. The SMILES string of the molecule is Cc1cc(Br)cc(C(=O)c2ccc(C(F)(F)F)c(F)c2)c1. The smallest absolute Gasteiger partial charge is 0.289 e. The molecule has 0 aliphatic rings. The Balaban J connectivity index is 2.43. The highest BCUT2D eigenvalue weighted by Crippen LogP contribution is 2.32. The highest BCUT2D eigenvalue weighted by atomic mass is 79.9. The number of alkyl halides is 3. The number of carbonyl (C=O) groups is 1. The fourth-order valence-corrected chi connectivity index (χ4v) is 2.53. The van der Waals surface area contributed by atoms with E-state index in [2.05, 4.69) is 15.9 Å². The molecule has 0 spiro atoms. The maximum absolute atomic E-state index is 13.5. The second-order valence-electron chi connectivity index (χ2n) is 4.54. The lowest BCUT2D eigenvalue weighted by molar-refractivity contribution is -0.140. The number of ketones is 1. The summed E-state index contributed by atoms with van der Waals surface area (Å²) in [7, 11) is 0. The number of rotatable bonds is 2. The third-order valence-electron chi connectivity index (χ3n) is 2.84. The van der Waals surface area contributed by atoms with E-state index in [-0.39, 0.29) is 11.1 Å². The summed E-state index contributed by atoms with van der Waals surface area (Å²) < 4.78 is 51.6. The first kappa shape index (κ1) is 15.7. The Morgan fingerprint density at radius 1 is 1.05 bits per heavy atom. The summed E-state index contributed by atoms with van der Waals surface area (Å²) in [5, 5.41) is 0. The minimum Gasteiger partial charge on any atom is -0.289 e. The van der Waals surface area contributed by atoms with E-state index in [4.69, 9.17) is 0 Å². The molecule has 0 bridgehead atoms. The molecule has 6 heteroatoms. The third kappa shape index (κ3) is 3.50. The Labute approximate surface area is 126 Å². The molecule has 0 heterocycles. The van der Waals surface area contributed by atoms with Crippen LogP contribution in [0.3, 0.4) is 0 Å². The van der Waals surface area contributed by atoms with Gasteiger partial charge in [0.2, 0.25) is 0 Å². The number of carbonyl (C=O) groups excluding carboxylic acids is 1. The van der Waals surface area contributed by atoms with Gasteiger partial charge in [-0.25, -0.2) is 4.39 Å². The molecule has 0 aliphatic carbocycles. The quantitative estimate of drug-likeness (QED) is 0.534. The minimum atomic E-state index is -4.78. The Kier molecular flexibility index (Phi) is 4.18. The summed E-state index contributed by atoms with van der Waals surface area (Å²) in [5.41, 5.74) is -0.427. The van der Waals surface area contributed by atoms with Crippen LogP contribution in [-0.2, 0) is 6.18 Å². The van der Waals surface area contributed by atoms with Crippen molar-refractivity contribution >= 4 is 21.7 Å². The van der Waals surface area contributed by atoms with Gasteiger partial charge in [0.1, 0.15) is 5.82 Å². The number of hydrogen-bond acceptors (Lipinski definition) is 1. The monoisotopic (exact) mass is 360 g/mol. The van der Waals surface area contributed by atoms with E-state index in [1.165, 1.54) is 6.07 Å². The van der Waals surface area contributed by atoms with E-state index in [0.29, 0.717) is 16.6 Å². The van der Waals surface area contributed by atoms with Gasteiger partial charge in [0, 0.05) is 15.6 Å². The van der Waals surface area contributed by atoms with Crippen LogP contribution in [0.25, 0.3) is 0 Å². The molecule has 2 aromatic rings. The van der Waals surface area contributed by atoms with Crippen LogP contribution >= 0.6 is 15.9 Å². The number of benzene rings is 2. The molecule has 21 heavy (non-hydrogen) atoms. The molecule has 110 valence electrons. The van der Waals surface area contributed by atoms with Crippen molar-refractivity contribution in [1.29, 1.82) is 0 Å². The zero-order valence-electron chi connectivity index (χ0n) is 10.8. The lowest BCUT2D eigenvalue weighted by atomic mass is 10.0. The molecule has 2 aromatic carbocycles. The zero-order valence-corrected chi connectivity index (χ0v) is 12.3. The van der Waals surface area contributed by atoms with Crippen molar-refractivity contribution < 1.29 is 22.4 Å². The Morgan fingerprint density at radius 3 is 2.24 bits per heavy atom. The molecule has 0 amide bonds. The highest BCUT2D eigenvalue weighted by Gasteiger charge is 2.34. The number of halogens is 5. The van der Waals surface area contributed by atoms with Crippen molar-refractivity contribution in [2.24, 2.45) is 0 Å². The van der Waals surface area contributed by atoms with E-state index in [9.17, 15) is 22.4 Å². The van der Waals surface area contributed by atoms with Gasteiger partial charge in [-0.15, -0.1) is 0 Å². The second-order valence-corrected chi connectivity index (χ2v) is 5.45. The summed E-state index contributed by atoms with van der Waals surface area (Å²) in [6.07, 6.45) is -4.78. The highest BCUT2D eigenvalue weighted by molar-refractivity contribution is 9.10. The van der Waals surface area contributed by atoms with E-state index in [0.717, 1.165) is 11.6 Å². The van der Waals surface area contributed by atoms with Gasteiger partial charge in [-0.05, 0) is 42.8 Å². The molecule has 0 saturated heterocycles. The zero-order chi connectivity index (χ0) is 15.8. The summed E-state index contributed by atoms with van der Waals surface area (Å²) in [6.45, 7) is 1.77. The minimum absolute atomic E-state index is 0.127. The topological polar surface area (TPSA) is 17.1 Å². The predicted molar refractivity (Wildman–Crippen MR) is 73.7 cm³/mol. The van der Waals surface area contributed by atoms with E-state index in [1.54, 1.807) is 19.1 Å². The van der Waals surface area contributed by atoms with Crippen LogP contribution in [0.15, 0.2) is 40.9 Å². The first-order valence-corrected chi connectivity index (χ1v) is 6.66. The summed E-state index contributed by atoms with van der Waals surface area (Å²) in [6, 6.07) is 7.07. The van der Waals surface area contributed by atoms with E-state index < -0.39 is 23.3 Å². The van der Waals surface area contributed by atoms with Gasteiger partial charge in [-0.3, -0.25) is 4.79 Å². The molecule has 0 aliphatic heterocycles. The van der Waals surface area contributed by atoms with Crippen LogP contribution in [0.1, 0.15) is 27.0 Å². The average Bonchev–Trinajstić information content (AvgIpc) is 2.35. The Morgan fingerprint density at radius 2 is 1.71 bits per heavy atom. The standard InChI is InChI=1S/C15H9BrF4O/c1-8-4-10(6-11(16)5-8)14(21)9-2-3-12(13(17)7-9)15(18,19)20/h2-7H,1H3. The van der Waals surface area contributed by atoms with Crippen LogP contribution in [0.4, 0.5) is 17.6 Å². The molecule has 0 unspecified atom stereocenters. The van der Waals surface area contributed by atoms with E-state index in [1.807, 2.05) is 0 Å². The normalized spacial score (nSPS) is 11.5. The fraction of sp³-hybridized carbons (Fsp3) is 0.133. The Bertz CT molecular complexity index is 687. The van der Waals surface area contributed by atoms with Crippen molar-refractivity contribution in [2.45, 2.75) is 13.1 Å². The van der Waals surface area contributed by atoms with Crippen molar-refractivity contribution in [3.63, 3.8) is 0 Å². The number of aryl methyl sites for hydroxylation is 1. The molecule has 0 N–H and O–H groups in total. The molecular weight excluding hydrogens is 352 g/mol. The van der Waals surface area contributed by atoms with Crippen molar-refractivity contribution in [3.05, 3.63) is 68.9 Å². The third-order valence-corrected chi connectivity index (χ3v) is 3.30. The number of hydrogen-bond donors (Lipinski definition) is 0. The van der Waals surface area contributed by atoms with Crippen molar-refractivity contribution in [2.75, 3.05) is 0 Å². The molecule has 0 radical (unpaired) electrons. The van der Waals surface area contributed by atoms with Gasteiger partial charge in [0.15, 0.2) is 5.78 Å². The van der Waals surface area contributed by atoms with Gasteiger partial charge < -0.3 is 0 Å². The first-order valence-electron chi connectivity index (χ1n) is 5.87. The molecule has 1 nitrogen and oxygen atoms in total. The average molecular weight is 361 g/mol. The van der Waals surface area contributed by atoms with Crippen molar-refractivity contribution in [3.8, 4) is 0 Å². The molecule has 0 saturated carbocycles. The Hall–Kier alpha value is -1.69. The molecule has 0 fully saturated rings. The van der Waals surface area contributed by atoms with Gasteiger partial charge >= 0.3 is 6.18 Å². The van der Waals surface area contributed by atoms with Gasteiger partial charge in [0.25, 0.3) is 0 Å². The van der Waals surface area contributed by atoms with Crippen LogP contribution in [0.5, 0.6) is 0 Å². The van der Waals surface area contributed by atoms with Gasteiger partial charge in [-0.2, -0.15) is 13.2 Å². The van der Waals surface area contributed by atoms with Crippen molar-refractivity contribution in [1.82, 2.24) is 0 Å². The van der Waals surface area contributed by atoms with Crippen LogP contribution in [-0.4, -0.2) is 5.78 Å². The summed E-state index contributed by atoms with van der Waals surface area (Å²) in [4.78, 5) is 12.2. The van der Waals surface area contributed by atoms with Crippen LogP contribution in [0.2, 0.25) is 0 Å². The lowest BCUT2D eigenvalue weighted by Crippen LogP contribution is -2.10. The van der Waals surface area contributed by atoms with Crippen LogP contribution in [0, 0.1) is 12.7 Å². The summed E-state index contributed by atoms with van der Waals surface area (Å²) >= 11 is 3.23. The lowest BCUT2D eigenvalue weighted by Gasteiger charge is -2.09. The maximum Gasteiger partial charge on any atom is 0.419 e. The van der Waals surface area contributed by atoms with Gasteiger partial charge in [-0.1, -0.05) is 22.0 Å². The summed E-state index contributed by atoms with van der Waals surface area (Å²) in [5.74, 6) is -1.99.